The van der Waals surface area contributed by atoms with Crippen molar-refractivity contribution in [2.75, 3.05) is 13.7 Å². The number of nitro groups is 1. The molecule has 2 aromatic carbocycles. The Bertz CT molecular complexity index is 686. The molecule has 23 heavy (non-hydrogen) atoms. The molecule has 7 nitrogen and oxygen atoms in total. The highest BCUT2D eigenvalue weighted by molar-refractivity contribution is 5.71. The Balaban J connectivity index is 2.09. The van der Waals surface area contributed by atoms with Gasteiger partial charge in [-0.3, -0.25) is 10.1 Å². The molecule has 0 aromatic heterocycles. The number of carbonyl (C=O) groups is 1. The third-order valence-corrected chi connectivity index (χ3v) is 2.95. The molecule has 0 bridgehead atoms. The zero-order valence-electron chi connectivity index (χ0n) is 12.4. The van der Waals surface area contributed by atoms with Crippen LogP contribution in [0.15, 0.2) is 48.5 Å². The van der Waals surface area contributed by atoms with Crippen LogP contribution in [-0.2, 0) is 16.1 Å². The van der Waals surface area contributed by atoms with Crippen LogP contribution in [0.1, 0.15) is 5.56 Å². The van der Waals surface area contributed by atoms with Crippen LogP contribution in [0.25, 0.3) is 0 Å². The van der Waals surface area contributed by atoms with Gasteiger partial charge in [0.2, 0.25) is 0 Å². The van der Waals surface area contributed by atoms with E-state index in [9.17, 15) is 14.9 Å². The number of hydrogen-bond acceptors (Lipinski definition) is 6. The molecule has 0 atom stereocenters. The number of benzene rings is 2. The van der Waals surface area contributed by atoms with Crippen LogP contribution in [0, 0.1) is 10.1 Å². The van der Waals surface area contributed by atoms with E-state index in [1.54, 1.807) is 6.07 Å². The van der Waals surface area contributed by atoms with Gasteiger partial charge in [0.05, 0.1) is 18.1 Å². The maximum atomic E-state index is 11.1. The van der Waals surface area contributed by atoms with Crippen molar-refractivity contribution < 1.29 is 23.9 Å². The normalized spacial score (nSPS) is 9.96. The molecule has 0 radical (unpaired) electrons. The first-order valence-electron chi connectivity index (χ1n) is 6.75. The van der Waals surface area contributed by atoms with Crippen molar-refractivity contribution in [3.8, 4) is 11.5 Å². The average Bonchev–Trinajstić information content (AvgIpc) is 2.58. The van der Waals surface area contributed by atoms with E-state index in [-0.39, 0.29) is 11.4 Å². The third-order valence-electron chi connectivity index (χ3n) is 2.95. The number of nitro benzene ring substituents is 1. The van der Waals surface area contributed by atoms with E-state index in [0.29, 0.717) is 12.4 Å². The summed E-state index contributed by atoms with van der Waals surface area (Å²) in [6, 6.07) is 13.6. The summed E-state index contributed by atoms with van der Waals surface area (Å²) in [5.41, 5.74) is 0.667. The summed E-state index contributed by atoms with van der Waals surface area (Å²) in [6.07, 6.45) is 0. The number of carbonyl (C=O) groups excluding carboxylic acids is 1. The fourth-order valence-electron chi connectivity index (χ4n) is 1.79. The summed E-state index contributed by atoms with van der Waals surface area (Å²) in [6.45, 7) is -0.109. The van der Waals surface area contributed by atoms with Crippen LogP contribution in [0.3, 0.4) is 0 Å². The molecule has 0 saturated carbocycles. The van der Waals surface area contributed by atoms with Gasteiger partial charge in [0, 0.05) is 0 Å². The van der Waals surface area contributed by atoms with Gasteiger partial charge in [0.15, 0.2) is 12.4 Å². The minimum Gasteiger partial charge on any atom is -0.489 e. The number of methoxy groups -OCH3 is 1. The summed E-state index contributed by atoms with van der Waals surface area (Å²) < 4.78 is 15.1. The summed E-state index contributed by atoms with van der Waals surface area (Å²) in [5, 5.41) is 11.1. The van der Waals surface area contributed by atoms with Gasteiger partial charge in [-0.1, -0.05) is 30.3 Å². The van der Waals surface area contributed by atoms with Crippen molar-refractivity contribution in [1.82, 2.24) is 0 Å². The Morgan fingerprint density at radius 2 is 1.87 bits per heavy atom. The zero-order valence-corrected chi connectivity index (χ0v) is 12.4. The molecule has 7 heteroatoms. The first kappa shape index (κ1) is 16.3. The quantitative estimate of drug-likeness (QED) is 0.443. The number of hydrogen-bond donors (Lipinski definition) is 0. The summed E-state index contributed by atoms with van der Waals surface area (Å²) >= 11 is 0. The van der Waals surface area contributed by atoms with Gasteiger partial charge >= 0.3 is 11.7 Å². The predicted octanol–water partition coefficient (Wildman–Crippen LogP) is 2.73. The van der Waals surface area contributed by atoms with Crippen molar-refractivity contribution in [2.24, 2.45) is 0 Å². The second-order valence-corrected chi connectivity index (χ2v) is 4.53. The van der Waals surface area contributed by atoms with Crippen molar-refractivity contribution in [2.45, 2.75) is 6.61 Å². The van der Waals surface area contributed by atoms with Gasteiger partial charge < -0.3 is 14.2 Å². The highest BCUT2D eigenvalue weighted by Crippen LogP contribution is 2.31. The van der Waals surface area contributed by atoms with Gasteiger partial charge in [-0.05, 0) is 17.7 Å². The van der Waals surface area contributed by atoms with Crippen molar-refractivity contribution in [3.05, 3.63) is 64.2 Å². The lowest BCUT2D eigenvalue weighted by Gasteiger charge is -2.09. The van der Waals surface area contributed by atoms with Crippen molar-refractivity contribution in [1.29, 1.82) is 0 Å². The zero-order chi connectivity index (χ0) is 16.7. The van der Waals surface area contributed by atoms with Crippen LogP contribution in [0.5, 0.6) is 11.5 Å². The molecular weight excluding hydrogens is 302 g/mol. The molecule has 2 aromatic rings. The monoisotopic (exact) mass is 317 g/mol. The lowest BCUT2D eigenvalue weighted by atomic mass is 10.2. The van der Waals surface area contributed by atoms with Crippen LogP contribution >= 0.6 is 0 Å². The minimum absolute atomic E-state index is 0.0209. The molecule has 0 aliphatic rings. The van der Waals surface area contributed by atoms with Crippen LogP contribution in [0.4, 0.5) is 5.69 Å². The molecule has 0 fully saturated rings. The number of rotatable bonds is 7. The topological polar surface area (TPSA) is 87.9 Å². The lowest BCUT2D eigenvalue weighted by Crippen LogP contribution is -2.13. The molecule has 0 aliphatic heterocycles. The summed E-state index contributed by atoms with van der Waals surface area (Å²) in [4.78, 5) is 21.6. The first-order valence-corrected chi connectivity index (χ1v) is 6.75. The molecule has 0 saturated heterocycles. The Hall–Kier alpha value is -3.09. The van der Waals surface area contributed by atoms with Crippen LogP contribution in [-0.4, -0.2) is 24.6 Å². The van der Waals surface area contributed by atoms with E-state index in [4.69, 9.17) is 9.47 Å². The summed E-state index contributed by atoms with van der Waals surface area (Å²) in [5.74, 6) is -0.304. The minimum atomic E-state index is -0.622. The van der Waals surface area contributed by atoms with Crippen molar-refractivity contribution >= 4 is 11.7 Å². The SMILES string of the molecule is COC(=O)COc1ccc(OCc2ccccc2)cc1[N+](=O)[O-]. The summed E-state index contributed by atoms with van der Waals surface area (Å²) in [7, 11) is 1.21. The fraction of sp³-hybridized carbons (Fsp3) is 0.188. The van der Waals surface area contributed by atoms with Crippen molar-refractivity contribution in [3.63, 3.8) is 0 Å². The maximum Gasteiger partial charge on any atom is 0.343 e. The molecule has 0 heterocycles. The van der Waals surface area contributed by atoms with Gasteiger partial charge in [-0.15, -0.1) is 0 Å². The predicted molar refractivity (Wildman–Crippen MR) is 81.4 cm³/mol. The lowest BCUT2D eigenvalue weighted by molar-refractivity contribution is -0.385. The molecule has 120 valence electrons. The Labute approximate surface area is 132 Å². The maximum absolute atomic E-state index is 11.1. The van der Waals surface area contributed by atoms with Gasteiger partial charge in [0.25, 0.3) is 0 Å². The number of nitrogens with zero attached hydrogens (tertiary/aromatic N) is 1. The number of esters is 1. The van der Waals surface area contributed by atoms with E-state index in [1.165, 1.54) is 19.2 Å². The molecule has 0 N–H and O–H groups in total. The number of ether oxygens (including phenoxy) is 3. The highest BCUT2D eigenvalue weighted by Gasteiger charge is 2.18. The molecular formula is C16H15NO6. The fourth-order valence-corrected chi connectivity index (χ4v) is 1.79. The van der Waals surface area contributed by atoms with E-state index >= 15 is 0 Å². The largest absolute Gasteiger partial charge is 0.489 e. The average molecular weight is 317 g/mol. The molecule has 0 unspecified atom stereocenters. The molecule has 0 aliphatic carbocycles. The standard InChI is InChI=1S/C16H15NO6/c1-21-16(18)11-23-15-8-7-13(9-14(15)17(19)20)22-10-12-5-3-2-4-6-12/h2-9H,10-11H2,1H3. The van der Waals surface area contributed by atoms with E-state index < -0.39 is 17.5 Å². The first-order chi connectivity index (χ1) is 11.1. The van der Waals surface area contributed by atoms with Gasteiger partial charge in [-0.25, -0.2) is 4.79 Å². The molecule has 0 amide bonds. The van der Waals surface area contributed by atoms with E-state index in [0.717, 1.165) is 5.56 Å². The smallest absolute Gasteiger partial charge is 0.343 e. The Kier molecular flexibility index (Phi) is 5.51. The van der Waals surface area contributed by atoms with Crippen LogP contribution in [0.2, 0.25) is 0 Å². The van der Waals surface area contributed by atoms with E-state index in [1.807, 2.05) is 30.3 Å². The van der Waals surface area contributed by atoms with Crippen LogP contribution < -0.4 is 9.47 Å². The Morgan fingerprint density at radius 3 is 2.52 bits per heavy atom. The third kappa shape index (κ3) is 4.70. The second-order valence-electron chi connectivity index (χ2n) is 4.53. The van der Waals surface area contributed by atoms with E-state index in [2.05, 4.69) is 4.74 Å². The Morgan fingerprint density at radius 1 is 1.13 bits per heavy atom. The van der Waals surface area contributed by atoms with Gasteiger partial charge in [-0.2, -0.15) is 0 Å². The molecule has 0 spiro atoms. The molecule has 2 rings (SSSR count). The second kappa shape index (κ2) is 7.79. The van der Waals surface area contributed by atoms with Gasteiger partial charge in [0.1, 0.15) is 12.4 Å². The highest BCUT2D eigenvalue weighted by atomic mass is 16.6.